The summed E-state index contributed by atoms with van der Waals surface area (Å²) in [7, 11) is 0. The second-order valence-electron chi connectivity index (χ2n) is 5.83. The first-order valence-electron chi connectivity index (χ1n) is 6.16. The van der Waals surface area contributed by atoms with E-state index in [1.54, 1.807) is 13.8 Å². The Morgan fingerprint density at radius 1 is 1.25 bits per heavy atom. The summed E-state index contributed by atoms with van der Waals surface area (Å²) in [5.74, 6) is 0.512. The van der Waals surface area contributed by atoms with Crippen LogP contribution in [0.25, 0.3) is 0 Å². The lowest BCUT2D eigenvalue weighted by Crippen LogP contribution is -2.31. The molecule has 88 valence electrons. The molecule has 0 bridgehead atoms. The highest BCUT2D eigenvalue weighted by atomic mass is 19.1. The van der Waals surface area contributed by atoms with E-state index in [-0.39, 0.29) is 5.41 Å². The van der Waals surface area contributed by atoms with Crippen molar-refractivity contribution in [2.75, 3.05) is 0 Å². The summed E-state index contributed by atoms with van der Waals surface area (Å²) < 4.78 is 14.2. The summed E-state index contributed by atoms with van der Waals surface area (Å²) in [6.45, 7) is 7.78. The second-order valence-corrected chi connectivity index (χ2v) is 5.83. The monoisotopic (exact) mass is 220 g/mol. The molecule has 16 heavy (non-hydrogen) atoms. The van der Waals surface area contributed by atoms with Crippen LogP contribution in [0.5, 0.6) is 0 Å². The Morgan fingerprint density at radius 2 is 1.88 bits per heavy atom. The van der Waals surface area contributed by atoms with Gasteiger partial charge in [0, 0.05) is 5.41 Å². The maximum Gasteiger partial charge on any atom is 0.115 e. The predicted octanol–water partition coefficient (Wildman–Crippen LogP) is 4.59. The van der Waals surface area contributed by atoms with Crippen LogP contribution in [0.3, 0.4) is 0 Å². The molecule has 1 aliphatic rings. The fourth-order valence-corrected chi connectivity index (χ4v) is 2.55. The van der Waals surface area contributed by atoms with Gasteiger partial charge >= 0.3 is 0 Å². The third-order valence-electron chi connectivity index (χ3n) is 3.99. The Morgan fingerprint density at radius 3 is 2.31 bits per heavy atom. The number of rotatable bonds is 3. The van der Waals surface area contributed by atoms with E-state index in [1.807, 2.05) is 0 Å². The van der Waals surface area contributed by atoms with E-state index in [2.05, 4.69) is 38.1 Å². The zero-order chi connectivity index (χ0) is 12.0. The molecule has 0 aliphatic heterocycles. The number of alkyl halides is 1. The Labute approximate surface area is 97.9 Å². The van der Waals surface area contributed by atoms with Gasteiger partial charge in [-0.1, -0.05) is 38.1 Å². The maximum absolute atomic E-state index is 14.2. The molecule has 0 heterocycles. The van der Waals surface area contributed by atoms with Crippen molar-refractivity contribution in [3.05, 3.63) is 35.4 Å². The number of halogens is 1. The topological polar surface area (TPSA) is 0 Å². The molecule has 0 saturated heterocycles. The minimum Gasteiger partial charge on any atom is -0.244 e. The SMILES string of the molecule is CC(C)c1cccc(C2(C(C)(C)F)CC2)c1. The van der Waals surface area contributed by atoms with Gasteiger partial charge in [0.15, 0.2) is 0 Å². The molecule has 1 aliphatic carbocycles. The van der Waals surface area contributed by atoms with Crippen LogP contribution in [0.15, 0.2) is 24.3 Å². The van der Waals surface area contributed by atoms with Crippen molar-refractivity contribution < 1.29 is 4.39 Å². The zero-order valence-electron chi connectivity index (χ0n) is 10.7. The molecular formula is C15H21F. The number of hydrogen-bond acceptors (Lipinski definition) is 0. The van der Waals surface area contributed by atoms with Crippen molar-refractivity contribution in [1.82, 2.24) is 0 Å². The summed E-state index contributed by atoms with van der Waals surface area (Å²) in [4.78, 5) is 0. The Bertz CT molecular complexity index is 381. The van der Waals surface area contributed by atoms with Gasteiger partial charge in [-0.25, -0.2) is 4.39 Å². The van der Waals surface area contributed by atoms with Gasteiger partial charge in [-0.15, -0.1) is 0 Å². The second kappa shape index (κ2) is 3.58. The van der Waals surface area contributed by atoms with Crippen LogP contribution in [0.2, 0.25) is 0 Å². The van der Waals surface area contributed by atoms with Crippen molar-refractivity contribution in [1.29, 1.82) is 0 Å². The highest BCUT2D eigenvalue weighted by Gasteiger charge is 2.56. The van der Waals surface area contributed by atoms with Gasteiger partial charge in [0.2, 0.25) is 0 Å². The first-order valence-corrected chi connectivity index (χ1v) is 6.16. The third kappa shape index (κ3) is 1.77. The summed E-state index contributed by atoms with van der Waals surface area (Å²) in [5, 5.41) is 0. The van der Waals surface area contributed by atoms with Gasteiger partial charge in [-0.3, -0.25) is 0 Å². The average Bonchev–Trinajstić information content (AvgIpc) is 2.97. The fraction of sp³-hybridized carbons (Fsp3) is 0.600. The van der Waals surface area contributed by atoms with E-state index >= 15 is 0 Å². The summed E-state index contributed by atoms with van der Waals surface area (Å²) in [5.41, 5.74) is 1.18. The Hall–Kier alpha value is -0.850. The van der Waals surface area contributed by atoms with Crippen LogP contribution in [-0.2, 0) is 5.41 Å². The summed E-state index contributed by atoms with van der Waals surface area (Å²) in [6, 6.07) is 8.48. The third-order valence-corrected chi connectivity index (χ3v) is 3.99. The lowest BCUT2D eigenvalue weighted by atomic mass is 9.81. The first-order chi connectivity index (χ1) is 7.37. The molecule has 0 N–H and O–H groups in total. The van der Waals surface area contributed by atoms with E-state index in [0.29, 0.717) is 5.92 Å². The number of benzene rings is 1. The molecule has 0 nitrogen and oxygen atoms in total. The van der Waals surface area contributed by atoms with Gasteiger partial charge in [0.1, 0.15) is 5.67 Å². The molecule has 2 rings (SSSR count). The lowest BCUT2D eigenvalue weighted by Gasteiger charge is -2.28. The van der Waals surface area contributed by atoms with Gasteiger partial charge in [0.05, 0.1) is 0 Å². The molecule has 0 spiro atoms. The maximum atomic E-state index is 14.2. The highest BCUT2D eigenvalue weighted by Crippen LogP contribution is 2.57. The number of hydrogen-bond donors (Lipinski definition) is 0. The van der Waals surface area contributed by atoms with Crippen LogP contribution in [0, 0.1) is 0 Å². The van der Waals surface area contributed by atoms with E-state index in [1.165, 1.54) is 11.1 Å². The summed E-state index contributed by atoms with van der Waals surface area (Å²) in [6.07, 6.45) is 1.97. The first kappa shape index (κ1) is 11.6. The van der Waals surface area contributed by atoms with Crippen LogP contribution in [0.1, 0.15) is 57.6 Å². The molecule has 0 atom stereocenters. The zero-order valence-corrected chi connectivity index (χ0v) is 10.7. The highest BCUT2D eigenvalue weighted by molar-refractivity contribution is 5.38. The predicted molar refractivity (Wildman–Crippen MR) is 66.6 cm³/mol. The Balaban J connectivity index is 2.38. The fourth-order valence-electron chi connectivity index (χ4n) is 2.55. The van der Waals surface area contributed by atoms with Gasteiger partial charge < -0.3 is 0 Å². The summed E-state index contributed by atoms with van der Waals surface area (Å²) >= 11 is 0. The molecule has 0 aromatic heterocycles. The van der Waals surface area contributed by atoms with Gasteiger partial charge in [0.25, 0.3) is 0 Å². The van der Waals surface area contributed by atoms with Gasteiger partial charge in [-0.2, -0.15) is 0 Å². The van der Waals surface area contributed by atoms with Gasteiger partial charge in [-0.05, 0) is 43.7 Å². The van der Waals surface area contributed by atoms with Crippen molar-refractivity contribution >= 4 is 0 Å². The molecule has 0 amide bonds. The van der Waals surface area contributed by atoms with Crippen molar-refractivity contribution in [3.63, 3.8) is 0 Å². The van der Waals surface area contributed by atoms with E-state index in [0.717, 1.165) is 12.8 Å². The molecule has 0 unspecified atom stereocenters. The standard InChI is InChI=1S/C15H21F/c1-11(2)12-6-5-7-13(10-12)15(8-9-15)14(3,4)16/h5-7,10-11H,8-9H2,1-4H3. The molecular weight excluding hydrogens is 199 g/mol. The molecule has 1 fully saturated rings. The van der Waals surface area contributed by atoms with E-state index in [9.17, 15) is 4.39 Å². The van der Waals surface area contributed by atoms with Crippen LogP contribution in [-0.4, -0.2) is 5.67 Å². The smallest absolute Gasteiger partial charge is 0.115 e. The molecule has 0 radical (unpaired) electrons. The van der Waals surface area contributed by atoms with E-state index < -0.39 is 5.67 Å². The quantitative estimate of drug-likeness (QED) is 0.699. The van der Waals surface area contributed by atoms with E-state index in [4.69, 9.17) is 0 Å². The molecule has 1 aromatic carbocycles. The minimum atomic E-state index is -1.11. The van der Waals surface area contributed by atoms with Crippen molar-refractivity contribution in [2.24, 2.45) is 0 Å². The van der Waals surface area contributed by atoms with Crippen LogP contribution < -0.4 is 0 Å². The van der Waals surface area contributed by atoms with Crippen LogP contribution in [0.4, 0.5) is 4.39 Å². The molecule has 1 heteroatoms. The Kier molecular flexibility index (Phi) is 2.60. The van der Waals surface area contributed by atoms with Crippen LogP contribution >= 0.6 is 0 Å². The molecule has 1 aromatic rings. The normalized spacial score (nSPS) is 18.9. The lowest BCUT2D eigenvalue weighted by molar-refractivity contribution is 0.156. The molecule has 1 saturated carbocycles. The average molecular weight is 220 g/mol. The van der Waals surface area contributed by atoms with Crippen molar-refractivity contribution in [2.45, 2.75) is 57.5 Å². The largest absolute Gasteiger partial charge is 0.244 e. The van der Waals surface area contributed by atoms with Crippen molar-refractivity contribution in [3.8, 4) is 0 Å². The minimum absolute atomic E-state index is 0.210.